The quantitative estimate of drug-likeness (QED) is 0.719. The Balaban J connectivity index is 2.11. The van der Waals surface area contributed by atoms with Gasteiger partial charge in [-0.2, -0.15) is 0 Å². The van der Waals surface area contributed by atoms with Crippen molar-refractivity contribution < 1.29 is 26.7 Å². The predicted molar refractivity (Wildman–Crippen MR) is 98.2 cm³/mol. The summed E-state index contributed by atoms with van der Waals surface area (Å²) in [6.45, 7) is 5.01. The Bertz CT molecular complexity index is 945. The van der Waals surface area contributed by atoms with E-state index in [4.69, 9.17) is 4.74 Å². The van der Waals surface area contributed by atoms with Crippen molar-refractivity contribution in [2.24, 2.45) is 4.99 Å². The van der Waals surface area contributed by atoms with Gasteiger partial charge in [-0.15, -0.1) is 0 Å². The van der Waals surface area contributed by atoms with Crippen LogP contribution in [-0.4, -0.2) is 55.8 Å². The SMILES string of the molecule is CN1C(NC(=O)OC(C)(C)C)=N[C@]2(c3ccc(F)cc3F)CNC[C@@H]2S1(=O)=O. The van der Waals surface area contributed by atoms with E-state index >= 15 is 0 Å². The van der Waals surface area contributed by atoms with Crippen molar-refractivity contribution in [1.82, 2.24) is 14.9 Å². The lowest BCUT2D eigenvalue weighted by Crippen LogP contribution is -2.59. The number of hydrogen-bond acceptors (Lipinski definition) is 6. The lowest BCUT2D eigenvalue weighted by Gasteiger charge is -2.39. The molecule has 2 aliphatic rings. The molecule has 28 heavy (non-hydrogen) atoms. The standard InChI is InChI=1S/C17H22F2N4O4S/c1-16(2,3)27-15(24)21-14-22-17(11-6-5-10(18)7-12(11)19)9-20-8-13(17)28(25,26)23(14)4/h5-7,13,20H,8-9H2,1-4H3,(H,21,22,24)/t13-,17-/m0/s1. The van der Waals surface area contributed by atoms with Crippen molar-refractivity contribution in [1.29, 1.82) is 0 Å². The third-order valence-corrected chi connectivity index (χ3v) is 6.82. The molecule has 8 nitrogen and oxygen atoms in total. The number of rotatable bonds is 1. The molecule has 2 aliphatic heterocycles. The highest BCUT2D eigenvalue weighted by Gasteiger charge is 2.57. The van der Waals surface area contributed by atoms with E-state index in [1.54, 1.807) is 20.8 Å². The van der Waals surface area contributed by atoms with Gasteiger partial charge in [0.15, 0.2) is 0 Å². The summed E-state index contributed by atoms with van der Waals surface area (Å²) in [5, 5.41) is 4.13. The second kappa shape index (κ2) is 6.66. The summed E-state index contributed by atoms with van der Waals surface area (Å²) >= 11 is 0. The van der Waals surface area contributed by atoms with Crippen LogP contribution in [0.4, 0.5) is 13.6 Å². The number of hydrogen-bond donors (Lipinski definition) is 2. The first-order valence-corrected chi connectivity index (χ1v) is 10.1. The highest BCUT2D eigenvalue weighted by Crippen LogP contribution is 2.41. The van der Waals surface area contributed by atoms with Crippen molar-refractivity contribution in [2.75, 3.05) is 20.1 Å². The summed E-state index contributed by atoms with van der Waals surface area (Å²) in [7, 11) is -2.76. The lowest BCUT2D eigenvalue weighted by molar-refractivity contribution is 0.0559. The van der Waals surface area contributed by atoms with Crippen LogP contribution in [0.25, 0.3) is 0 Å². The molecule has 0 spiro atoms. The molecule has 1 amide bonds. The fourth-order valence-corrected chi connectivity index (χ4v) is 5.17. The van der Waals surface area contributed by atoms with Gasteiger partial charge in [0, 0.05) is 31.8 Å². The van der Waals surface area contributed by atoms with Crippen LogP contribution in [0.1, 0.15) is 26.3 Å². The van der Waals surface area contributed by atoms with Gasteiger partial charge in [-0.3, -0.25) is 5.32 Å². The first-order valence-electron chi connectivity index (χ1n) is 8.61. The summed E-state index contributed by atoms with van der Waals surface area (Å²) in [5.41, 5.74) is -2.42. The van der Waals surface area contributed by atoms with E-state index in [9.17, 15) is 22.0 Å². The minimum atomic E-state index is -4.00. The molecular formula is C17H22F2N4O4S. The average molecular weight is 416 g/mol. The van der Waals surface area contributed by atoms with E-state index in [2.05, 4.69) is 15.6 Å². The molecule has 0 aliphatic carbocycles. The Morgan fingerprint density at radius 2 is 2.07 bits per heavy atom. The van der Waals surface area contributed by atoms with Gasteiger partial charge in [0.05, 0.1) is 0 Å². The van der Waals surface area contributed by atoms with Gasteiger partial charge in [0.2, 0.25) is 16.0 Å². The number of benzene rings is 1. The second-order valence-corrected chi connectivity index (χ2v) is 9.89. The fourth-order valence-electron chi connectivity index (χ4n) is 3.38. The number of alkyl carbamates (subject to hydrolysis) is 1. The maximum absolute atomic E-state index is 14.6. The van der Waals surface area contributed by atoms with E-state index in [-0.39, 0.29) is 24.6 Å². The van der Waals surface area contributed by atoms with Crippen LogP contribution in [-0.2, 0) is 20.3 Å². The van der Waals surface area contributed by atoms with E-state index in [1.165, 1.54) is 13.1 Å². The first-order chi connectivity index (χ1) is 12.9. The zero-order valence-corrected chi connectivity index (χ0v) is 16.7. The Morgan fingerprint density at radius 3 is 2.68 bits per heavy atom. The number of nitrogens with one attached hydrogen (secondary N) is 2. The Hall–Kier alpha value is -2.27. The summed E-state index contributed by atoms with van der Waals surface area (Å²) in [4.78, 5) is 16.6. The number of halogens is 2. The monoisotopic (exact) mass is 416 g/mol. The van der Waals surface area contributed by atoms with Crippen LogP contribution in [0, 0.1) is 11.6 Å². The molecule has 11 heteroatoms. The molecule has 0 unspecified atom stereocenters. The summed E-state index contributed by atoms with van der Waals surface area (Å²) in [6.07, 6.45) is -0.896. The van der Waals surface area contributed by atoms with Crippen LogP contribution in [0.2, 0.25) is 0 Å². The molecule has 1 aromatic rings. The number of ether oxygens (including phenoxy) is 1. The molecule has 0 aromatic heterocycles. The molecule has 1 saturated heterocycles. The van der Waals surface area contributed by atoms with Gasteiger partial charge >= 0.3 is 6.09 Å². The van der Waals surface area contributed by atoms with Crippen molar-refractivity contribution >= 4 is 22.1 Å². The van der Waals surface area contributed by atoms with Gasteiger partial charge in [-0.25, -0.2) is 31.3 Å². The first kappa shape index (κ1) is 20.5. The number of sulfonamides is 1. The third-order valence-electron chi connectivity index (χ3n) is 4.61. The van der Waals surface area contributed by atoms with Crippen LogP contribution in [0.15, 0.2) is 23.2 Å². The normalized spacial score (nSPS) is 26.4. The average Bonchev–Trinajstić information content (AvgIpc) is 2.96. The molecule has 2 heterocycles. The van der Waals surface area contributed by atoms with Gasteiger partial charge in [0.1, 0.15) is 28.0 Å². The molecule has 2 atom stereocenters. The number of carbonyl (C=O) groups excluding carboxylic acids is 1. The molecule has 1 fully saturated rings. The number of fused-ring (bicyclic) bond motifs is 1. The van der Waals surface area contributed by atoms with Crippen LogP contribution in [0.3, 0.4) is 0 Å². The van der Waals surface area contributed by atoms with Gasteiger partial charge < -0.3 is 10.1 Å². The highest BCUT2D eigenvalue weighted by atomic mass is 32.2. The minimum Gasteiger partial charge on any atom is -0.444 e. The molecule has 0 bridgehead atoms. The zero-order chi connectivity index (χ0) is 20.9. The Labute approximate surface area is 162 Å². The maximum Gasteiger partial charge on any atom is 0.414 e. The van der Waals surface area contributed by atoms with Crippen LogP contribution < -0.4 is 10.6 Å². The number of carbonyl (C=O) groups is 1. The second-order valence-electron chi connectivity index (χ2n) is 7.74. The summed E-state index contributed by atoms with van der Waals surface area (Å²) < 4.78 is 60.0. The number of guanidine groups is 1. The van der Waals surface area contributed by atoms with Gasteiger partial charge in [0.25, 0.3) is 0 Å². The van der Waals surface area contributed by atoms with Crippen molar-refractivity contribution in [3.8, 4) is 0 Å². The highest BCUT2D eigenvalue weighted by molar-refractivity contribution is 7.90. The smallest absolute Gasteiger partial charge is 0.414 e. The number of aliphatic imine (C=N–C) groups is 1. The third kappa shape index (κ3) is 3.44. The summed E-state index contributed by atoms with van der Waals surface area (Å²) in [5.74, 6) is -1.99. The van der Waals surface area contributed by atoms with Crippen molar-refractivity contribution in [3.63, 3.8) is 0 Å². The summed E-state index contributed by atoms with van der Waals surface area (Å²) in [6, 6.07) is 2.91. The molecule has 0 radical (unpaired) electrons. The Kier molecular flexibility index (Phi) is 4.87. The van der Waals surface area contributed by atoms with Gasteiger partial charge in [-0.05, 0) is 26.8 Å². The zero-order valence-electron chi connectivity index (χ0n) is 15.9. The molecular weight excluding hydrogens is 394 g/mol. The van der Waals surface area contributed by atoms with Crippen LogP contribution in [0.5, 0.6) is 0 Å². The van der Waals surface area contributed by atoms with Gasteiger partial charge in [-0.1, -0.05) is 6.07 Å². The minimum absolute atomic E-state index is 0.00673. The topological polar surface area (TPSA) is 100 Å². The largest absolute Gasteiger partial charge is 0.444 e. The molecule has 0 saturated carbocycles. The number of amides is 1. The Morgan fingerprint density at radius 1 is 1.39 bits per heavy atom. The maximum atomic E-state index is 14.6. The van der Waals surface area contributed by atoms with Crippen molar-refractivity contribution in [3.05, 3.63) is 35.4 Å². The van der Waals surface area contributed by atoms with E-state index < -0.39 is 44.1 Å². The van der Waals surface area contributed by atoms with Crippen LogP contribution >= 0.6 is 0 Å². The molecule has 154 valence electrons. The lowest BCUT2D eigenvalue weighted by atomic mass is 9.88. The fraction of sp³-hybridized carbons (Fsp3) is 0.529. The van der Waals surface area contributed by atoms with Crippen molar-refractivity contribution in [2.45, 2.75) is 37.2 Å². The van der Waals surface area contributed by atoms with E-state index in [0.717, 1.165) is 10.4 Å². The predicted octanol–water partition coefficient (Wildman–Crippen LogP) is 1.29. The molecule has 3 rings (SSSR count). The molecule has 1 aromatic carbocycles. The van der Waals surface area contributed by atoms with E-state index in [0.29, 0.717) is 6.07 Å². The number of nitrogens with zero attached hydrogens (tertiary/aromatic N) is 2. The molecule has 2 N–H and O–H groups in total. The van der Waals surface area contributed by atoms with E-state index in [1.807, 2.05) is 0 Å².